The van der Waals surface area contributed by atoms with Gasteiger partial charge in [-0.05, 0) is 5.41 Å². The summed E-state index contributed by atoms with van der Waals surface area (Å²) in [4.78, 5) is 0. The number of hydrogen-bond donors (Lipinski definition) is 0. The molecule has 0 spiro atoms. The molecule has 0 N–H and O–H groups in total. The number of ether oxygens (including phenoxy) is 1. The largest absolute Gasteiger partial charge is 0.511 e. The number of hydrogen-bond acceptors (Lipinski definition) is 3. The summed E-state index contributed by atoms with van der Waals surface area (Å²) in [5.41, 5.74) is -5.65. The lowest BCUT2D eigenvalue weighted by atomic mass is 9.88. The fourth-order valence-electron chi connectivity index (χ4n) is 1.51. The predicted molar refractivity (Wildman–Crippen MR) is 55.7 cm³/mol. The van der Waals surface area contributed by atoms with Gasteiger partial charge in [-0.3, -0.25) is 0 Å². The van der Waals surface area contributed by atoms with Crippen LogP contribution in [0.2, 0.25) is 0 Å². The zero-order valence-corrected chi connectivity index (χ0v) is 10.7. The molecule has 0 saturated carbocycles. The fourth-order valence-corrected chi connectivity index (χ4v) is 2.45. The summed E-state index contributed by atoms with van der Waals surface area (Å²) < 4.78 is 65.3. The highest BCUT2D eigenvalue weighted by Gasteiger charge is 2.51. The van der Waals surface area contributed by atoms with Crippen LogP contribution in [0.15, 0.2) is 0 Å². The van der Waals surface area contributed by atoms with Crippen LogP contribution in [-0.2, 0) is 14.8 Å². The van der Waals surface area contributed by atoms with Gasteiger partial charge in [-0.1, -0.05) is 20.8 Å². The van der Waals surface area contributed by atoms with E-state index in [2.05, 4.69) is 0 Å². The van der Waals surface area contributed by atoms with Crippen LogP contribution in [0.3, 0.4) is 0 Å². The maximum Gasteiger partial charge on any atom is 0.511 e. The molecule has 0 bridgehead atoms. The minimum Gasteiger partial charge on any atom is -0.375 e. The zero-order valence-electron chi connectivity index (χ0n) is 9.91. The van der Waals surface area contributed by atoms with Gasteiger partial charge in [0.25, 0.3) is 0 Å². The highest BCUT2D eigenvalue weighted by atomic mass is 32.2. The van der Waals surface area contributed by atoms with Crippen molar-refractivity contribution in [3.8, 4) is 0 Å². The number of alkyl halides is 3. The lowest BCUT2D eigenvalue weighted by Gasteiger charge is -2.38. The van der Waals surface area contributed by atoms with Crippen molar-refractivity contribution in [2.24, 2.45) is 5.41 Å². The van der Waals surface area contributed by atoms with E-state index in [0.717, 1.165) is 0 Å². The molecule has 0 amide bonds. The van der Waals surface area contributed by atoms with Crippen LogP contribution in [0.4, 0.5) is 13.2 Å². The first-order valence-corrected chi connectivity index (χ1v) is 6.58. The third-order valence-corrected chi connectivity index (χ3v) is 4.22. The van der Waals surface area contributed by atoms with E-state index in [0.29, 0.717) is 4.31 Å². The van der Waals surface area contributed by atoms with Crippen LogP contribution in [0.1, 0.15) is 20.8 Å². The van der Waals surface area contributed by atoms with E-state index in [-0.39, 0.29) is 19.7 Å². The number of rotatable bonds is 1. The summed E-state index contributed by atoms with van der Waals surface area (Å²) in [6.45, 7) is 4.85. The molecular weight excluding hydrogens is 259 g/mol. The minimum atomic E-state index is -5.24. The minimum absolute atomic E-state index is 0.0166. The van der Waals surface area contributed by atoms with Crippen LogP contribution >= 0.6 is 0 Å². The molecule has 0 aliphatic carbocycles. The molecule has 1 fully saturated rings. The van der Waals surface area contributed by atoms with Crippen molar-refractivity contribution in [1.82, 2.24) is 4.31 Å². The van der Waals surface area contributed by atoms with Crippen LogP contribution in [-0.4, -0.2) is 44.0 Å². The Balaban J connectivity index is 2.88. The third kappa shape index (κ3) is 3.11. The quantitative estimate of drug-likeness (QED) is 0.730. The number of halogens is 3. The SMILES string of the molecule is CC(C)(C)C1CN(S(=O)(=O)C(F)(F)F)CCO1. The van der Waals surface area contributed by atoms with E-state index in [9.17, 15) is 21.6 Å². The molecule has 8 heteroatoms. The Bertz CT molecular complexity index is 372. The van der Waals surface area contributed by atoms with E-state index < -0.39 is 27.1 Å². The molecule has 0 aromatic heterocycles. The second-order valence-corrected chi connectivity index (χ2v) is 6.96. The van der Waals surface area contributed by atoms with Gasteiger partial charge in [0, 0.05) is 13.1 Å². The van der Waals surface area contributed by atoms with Gasteiger partial charge in [0.15, 0.2) is 0 Å². The predicted octanol–water partition coefficient (Wildman–Crippen LogP) is 1.58. The van der Waals surface area contributed by atoms with Gasteiger partial charge < -0.3 is 4.74 Å². The Labute approximate surface area is 98.8 Å². The van der Waals surface area contributed by atoms with Crippen molar-refractivity contribution in [3.05, 3.63) is 0 Å². The normalized spacial score (nSPS) is 24.9. The molecule has 1 unspecified atom stereocenters. The van der Waals surface area contributed by atoms with Crippen LogP contribution < -0.4 is 0 Å². The average Bonchev–Trinajstić information content (AvgIpc) is 2.15. The Hall–Kier alpha value is -0.340. The molecular formula is C9H16F3NO3S. The Morgan fingerprint density at radius 3 is 2.18 bits per heavy atom. The molecule has 1 heterocycles. The molecule has 1 atom stereocenters. The van der Waals surface area contributed by atoms with Gasteiger partial charge in [-0.25, -0.2) is 8.42 Å². The number of sulfonamides is 1. The molecule has 1 saturated heterocycles. The third-order valence-electron chi connectivity index (χ3n) is 2.63. The van der Waals surface area contributed by atoms with Crippen molar-refractivity contribution >= 4 is 10.0 Å². The van der Waals surface area contributed by atoms with Gasteiger partial charge >= 0.3 is 15.5 Å². The van der Waals surface area contributed by atoms with E-state index >= 15 is 0 Å². The molecule has 4 nitrogen and oxygen atoms in total. The zero-order chi connectivity index (χ0) is 13.5. The molecule has 0 aromatic carbocycles. The molecule has 0 aromatic rings. The molecule has 17 heavy (non-hydrogen) atoms. The Kier molecular flexibility index (Phi) is 3.81. The van der Waals surface area contributed by atoms with E-state index in [1.54, 1.807) is 20.8 Å². The van der Waals surface area contributed by atoms with Crippen molar-refractivity contribution in [1.29, 1.82) is 0 Å². The van der Waals surface area contributed by atoms with Crippen molar-refractivity contribution in [3.63, 3.8) is 0 Å². The van der Waals surface area contributed by atoms with Gasteiger partial charge in [0.2, 0.25) is 0 Å². The first-order valence-electron chi connectivity index (χ1n) is 5.14. The molecule has 102 valence electrons. The van der Waals surface area contributed by atoms with Crippen molar-refractivity contribution in [2.45, 2.75) is 32.4 Å². The number of morpholine rings is 1. The summed E-state index contributed by atoms with van der Waals surface area (Å²) >= 11 is 0. The highest BCUT2D eigenvalue weighted by Crippen LogP contribution is 2.31. The lowest BCUT2D eigenvalue weighted by molar-refractivity contribution is -0.0752. The lowest BCUT2D eigenvalue weighted by Crippen LogP contribution is -2.53. The Morgan fingerprint density at radius 2 is 1.76 bits per heavy atom. The van der Waals surface area contributed by atoms with Crippen LogP contribution in [0, 0.1) is 5.41 Å². The maximum absolute atomic E-state index is 12.4. The Morgan fingerprint density at radius 1 is 1.24 bits per heavy atom. The van der Waals surface area contributed by atoms with Crippen LogP contribution in [0.5, 0.6) is 0 Å². The summed E-state index contributed by atoms with van der Waals surface area (Å²) in [7, 11) is -5.24. The van der Waals surface area contributed by atoms with E-state index in [1.807, 2.05) is 0 Å². The maximum atomic E-state index is 12.4. The highest BCUT2D eigenvalue weighted by molar-refractivity contribution is 7.90. The van der Waals surface area contributed by atoms with Crippen LogP contribution in [0.25, 0.3) is 0 Å². The summed E-state index contributed by atoms with van der Waals surface area (Å²) in [6, 6.07) is 0. The topological polar surface area (TPSA) is 46.6 Å². The number of nitrogens with zero attached hydrogens (tertiary/aromatic N) is 1. The first-order chi connectivity index (χ1) is 7.46. The second-order valence-electron chi connectivity index (χ2n) is 5.03. The summed E-state index contributed by atoms with van der Waals surface area (Å²) in [5, 5.41) is 0. The standard InChI is InChI=1S/C9H16F3NO3S/c1-8(2,3)7-6-13(4-5-16-7)17(14,15)9(10,11)12/h7H,4-6H2,1-3H3. The van der Waals surface area contributed by atoms with Gasteiger partial charge in [-0.15, -0.1) is 0 Å². The monoisotopic (exact) mass is 275 g/mol. The van der Waals surface area contributed by atoms with Gasteiger partial charge in [-0.2, -0.15) is 17.5 Å². The van der Waals surface area contributed by atoms with E-state index in [1.165, 1.54) is 0 Å². The van der Waals surface area contributed by atoms with Crippen molar-refractivity contribution < 1.29 is 26.3 Å². The van der Waals surface area contributed by atoms with Crippen molar-refractivity contribution in [2.75, 3.05) is 19.7 Å². The summed E-state index contributed by atoms with van der Waals surface area (Å²) in [5.74, 6) is 0. The molecule has 0 radical (unpaired) electrons. The average molecular weight is 275 g/mol. The fraction of sp³-hybridized carbons (Fsp3) is 1.00. The van der Waals surface area contributed by atoms with E-state index in [4.69, 9.17) is 4.74 Å². The molecule has 1 aliphatic rings. The smallest absolute Gasteiger partial charge is 0.375 e. The first kappa shape index (κ1) is 14.7. The van der Waals surface area contributed by atoms with Gasteiger partial charge in [0.1, 0.15) is 0 Å². The van der Waals surface area contributed by atoms with Gasteiger partial charge in [0.05, 0.1) is 12.7 Å². The summed E-state index contributed by atoms with van der Waals surface area (Å²) in [6.07, 6.45) is -0.534. The second kappa shape index (κ2) is 4.40. The molecule has 1 rings (SSSR count). The molecule has 1 aliphatic heterocycles.